The molecule has 0 bridgehead atoms. The number of carbonyl (C=O) groups is 2. The Labute approximate surface area is 229 Å². The summed E-state index contributed by atoms with van der Waals surface area (Å²) in [6.45, 7) is 11.9. The molecule has 9 nitrogen and oxygen atoms in total. The van der Waals surface area contributed by atoms with Gasteiger partial charge in [0, 0.05) is 44.1 Å². The summed E-state index contributed by atoms with van der Waals surface area (Å²) < 4.78 is 2.17. The first-order valence-electron chi connectivity index (χ1n) is 13.5. The molecular formula is C30H35N7O2. The Morgan fingerprint density at radius 1 is 1.03 bits per heavy atom. The molecule has 5 heterocycles. The molecule has 9 heteroatoms. The van der Waals surface area contributed by atoms with Gasteiger partial charge in [0.2, 0.25) is 0 Å². The van der Waals surface area contributed by atoms with Crippen molar-refractivity contribution in [3.63, 3.8) is 0 Å². The monoisotopic (exact) mass is 525 g/mol. The summed E-state index contributed by atoms with van der Waals surface area (Å²) in [5.41, 5.74) is 4.08. The number of nitrogens with one attached hydrogen (secondary N) is 1. The minimum atomic E-state index is -0.349. The van der Waals surface area contributed by atoms with Gasteiger partial charge in [-0.15, -0.1) is 10.2 Å². The number of carbonyl (C=O) groups excluding carboxylic acids is 2. The largest absolute Gasteiger partial charge is 0.333 e. The van der Waals surface area contributed by atoms with Gasteiger partial charge in [-0.3, -0.25) is 19.6 Å². The number of fused-ring (bicyclic) bond motifs is 2. The van der Waals surface area contributed by atoms with Crippen LogP contribution in [0.5, 0.6) is 0 Å². The van der Waals surface area contributed by atoms with Crippen LogP contribution in [0, 0.1) is 0 Å². The zero-order valence-corrected chi connectivity index (χ0v) is 22.9. The van der Waals surface area contributed by atoms with Crippen LogP contribution < -0.4 is 5.32 Å². The van der Waals surface area contributed by atoms with E-state index in [4.69, 9.17) is 0 Å². The van der Waals surface area contributed by atoms with Crippen LogP contribution in [0.1, 0.15) is 77.4 Å². The molecule has 39 heavy (non-hydrogen) atoms. The predicted molar refractivity (Wildman–Crippen MR) is 151 cm³/mol. The lowest BCUT2D eigenvalue weighted by atomic mass is 10.0. The van der Waals surface area contributed by atoms with Crippen LogP contribution in [0.4, 0.5) is 0 Å². The molecule has 0 aromatic carbocycles. The summed E-state index contributed by atoms with van der Waals surface area (Å²) in [7, 11) is 0. The van der Waals surface area contributed by atoms with Gasteiger partial charge >= 0.3 is 0 Å². The molecule has 2 aliphatic rings. The van der Waals surface area contributed by atoms with Crippen LogP contribution >= 0.6 is 0 Å². The van der Waals surface area contributed by atoms with Crippen molar-refractivity contribution in [2.45, 2.75) is 59.5 Å². The second-order valence-electron chi connectivity index (χ2n) is 9.27. The topological polar surface area (TPSA) is 106 Å². The Bertz CT molecular complexity index is 1410. The third-order valence-corrected chi connectivity index (χ3v) is 6.63. The molecule has 3 aromatic heterocycles. The number of hydrogen-bond donors (Lipinski definition) is 1. The van der Waals surface area contributed by atoms with Gasteiger partial charge < -0.3 is 14.8 Å². The van der Waals surface area contributed by atoms with E-state index in [1.807, 2.05) is 32.9 Å². The van der Waals surface area contributed by atoms with E-state index in [0.717, 1.165) is 54.2 Å². The zero-order valence-electron chi connectivity index (χ0n) is 22.9. The van der Waals surface area contributed by atoms with Gasteiger partial charge in [0.15, 0.2) is 5.82 Å². The van der Waals surface area contributed by atoms with Crippen molar-refractivity contribution in [2.75, 3.05) is 6.54 Å². The maximum absolute atomic E-state index is 12.8. The van der Waals surface area contributed by atoms with Gasteiger partial charge in [-0.1, -0.05) is 38.6 Å². The molecule has 0 fully saturated rings. The van der Waals surface area contributed by atoms with E-state index in [9.17, 15) is 9.59 Å². The van der Waals surface area contributed by atoms with Crippen LogP contribution in [-0.2, 0) is 25.9 Å². The fourth-order valence-corrected chi connectivity index (χ4v) is 4.62. The Morgan fingerprint density at radius 2 is 1.87 bits per heavy atom. The molecule has 0 unspecified atom stereocenters. The normalized spacial score (nSPS) is 14.6. The molecule has 2 amide bonds. The van der Waals surface area contributed by atoms with Gasteiger partial charge in [0.1, 0.15) is 17.2 Å². The highest BCUT2D eigenvalue weighted by atomic mass is 16.2. The summed E-state index contributed by atoms with van der Waals surface area (Å²) in [5.74, 6) is 1.44. The fourth-order valence-electron chi connectivity index (χ4n) is 4.62. The van der Waals surface area contributed by atoms with Crippen molar-refractivity contribution < 1.29 is 9.59 Å². The second kappa shape index (κ2) is 12.9. The summed E-state index contributed by atoms with van der Waals surface area (Å²) >= 11 is 0. The van der Waals surface area contributed by atoms with Crippen LogP contribution in [0.25, 0.3) is 5.57 Å². The van der Waals surface area contributed by atoms with E-state index < -0.39 is 0 Å². The first-order valence-corrected chi connectivity index (χ1v) is 13.5. The molecular weight excluding hydrogens is 490 g/mol. The Balaban J connectivity index is 0.00000172. The first kappa shape index (κ1) is 27.6. The average Bonchev–Trinajstić information content (AvgIpc) is 3.42. The standard InChI is InChI=1S/C28H29N7O2.C2H6/c1-19(26-33-32-25-11-4-6-14-35(25)26)8-7-9-20(2)31-27(36)24-16-22-18-34(15-12-21(22)17-30-24)28(37)23-10-3-5-13-29-23;1-2/h3,5,7-10,13,16-17H,2,4,6,11-12,14-15,18H2,1H3,(H,31,36);1-2H3/b9-7-,19-8+;. The number of amides is 2. The third kappa shape index (κ3) is 6.54. The van der Waals surface area contributed by atoms with E-state index >= 15 is 0 Å². The number of nitrogens with zero attached hydrogens (tertiary/aromatic N) is 6. The van der Waals surface area contributed by atoms with Crippen molar-refractivity contribution in [3.05, 3.63) is 101 Å². The molecule has 0 spiro atoms. The van der Waals surface area contributed by atoms with Gasteiger partial charge in [0.05, 0.1) is 0 Å². The first-order chi connectivity index (χ1) is 19.0. The number of allylic oxidation sites excluding steroid dienone is 4. The SMILES string of the molecule is C=C(/C=C\C=C(/C)c1nnc2n1CCCC2)NC(=O)c1cc2c(cn1)CCN(C(=O)c1ccccn1)C2.CC. The van der Waals surface area contributed by atoms with Crippen molar-refractivity contribution in [1.82, 2.24) is 34.9 Å². The molecule has 2 aliphatic heterocycles. The molecule has 3 aromatic rings. The van der Waals surface area contributed by atoms with Gasteiger partial charge in [0.25, 0.3) is 11.8 Å². The summed E-state index contributed by atoms with van der Waals surface area (Å²) in [5, 5.41) is 11.4. The summed E-state index contributed by atoms with van der Waals surface area (Å²) in [4.78, 5) is 35.9. The van der Waals surface area contributed by atoms with Gasteiger partial charge in [-0.2, -0.15) is 0 Å². The summed E-state index contributed by atoms with van der Waals surface area (Å²) in [6, 6.07) is 7.03. The van der Waals surface area contributed by atoms with E-state index in [0.29, 0.717) is 30.9 Å². The number of rotatable bonds is 6. The molecule has 0 atom stereocenters. The van der Waals surface area contributed by atoms with Crippen molar-refractivity contribution in [3.8, 4) is 0 Å². The summed E-state index contributed by atoms with van der Waals surface area (Å²) in [6.07, 6.45) is 12.8. The average molecular weight is 526 g/mol. The van der Waals surface area contributed by atoms with Gasteiger partial charge in [-0.05, 0) is 67.2 Å². The molecule has 202 valence electrons. The van der Waals surface area contributed by atoms with E-state index in [1.165, 1.54) is 0 Å². The minimum Gasteiger partial charge on any atom is -0.333 e. The van der Waals surface area contributed by atoms with Crippen LogP contribution in [0.2, 0.25) is 0 Å². The number of pyridine rings is 2. The van der Waals surface area contributed by atoms with Crippen LogP contribution in [0.3, 0.4) is 0 Å². The number of hydrogen-bond acceptors (Lipinski definition) is 6. The number of aryl methyl sites for hydroxylation is 1. The lowest BCUT2D eigenvalue weighted by Gasteiger charge is -2.28. The highest BCUT2D eigenvalue weighted by Crippen LogP contribution is 2.21. The zero-order chi connectivity index (χ0) is 27.8. The maximum Gasteiger partial charge on any atom is 0.274 e. The lowest BCUT2D eigenvalue weighted by molar-refractivity contribution is 0.0728. The maximum atomic E-state index is 12.8. The molecule has 5 rings (SSSR count). The molecule has 0 saturated carbocycles. The predicted octanol–water partition coefficient (Wildman–Crippen LogP) is 4.53. The van der Waals surface area contributed by atoms with E-state index in [2.05, 4.69) is 36.6 Å². The quantitative estimate of drug-likeness (QED) is 0.474. The van der Waals surface area contributed by atoms with Crippen LogP contribution in [-0.4, -0.2) is 48.0 Å². The van der Waals surface area contributed by atoms with E-state index in [-0.39, 0.29) is 17.5 Å². The molecule has 0 aliphatic carbocycles. The highest BCUT2D eigenvalue weighted by Gasteiger charge is 2.24. The third-order valence-electron chi connectivity index (χ3n) is 6.63. The van der Waals surface area contributed by atoms with Crippen LogP contribution in [0.15, 0.2) is 67.2 Å². The smallest absolute Gasteiger partial charge is 0.274 e. The van der Waals surface area contributed by atoms with Crippen molar-refractivity contribution >= 4 is 17.4 Å². The van der Waals surface area contributed by atoms with E-state index in [1.54, 1.807) is 47.6 Å². The Morgan fingerprint density at radius 3 is 2.67 bits per heavy atom. The highest BCUT2D eigenvalue weighted by molar-refractivity contribution is 5.94. The molecule has 0 radical (unpaired) electrons. The van der Waals surface area contributed by atoms with Crippen molar-refractivity contribution in [2.24, 2.45) is 0 Å². The Kier molecular flexibility index (Phi) is 9.14. The molecule has 1 N–H and O–H groups in total. The van der Waals surface area contributed by atoms with Gasteiger partial charge in [-0.25, -0.2) is 0 Å². The number of aromatic nitrogens is 5. The lowest BCUT2D eigenvalue weighted by Crippen LogP contribution is -2.36. The Hall–Kier alpha value is -4.40. The second-order valence-corrected chi connectivity index (χ2v) is 9.27. The minimum absolute atomic E-state index is 0.123. The van der Waals surface area contributed by atoms with Crippen molar-refractivity contribution in [1.29, 1.82) is 0 Å². The fraction of sp³-hybridized carbons (Fsp3) is 0.333. The molecule has 0 saturated heterocycles.